The van der Waals surface area contributed by atoms with Gasteiger partial charge in [-0.05, 0) is 24.3 Å². The molecule has 1 heterocycles. The van der Waals surface area contributed by atoms with Crippen LogP contribution in [0.1, 0.15) is 31.4 Å². The molecule has 1 aliphatic heterocycles. The van der Waals surface area contributed by atoms with Gasteiger partial charge in [-0.3, -0.25) is 24.2 Å². The lowest BCUT2D eigenvalue weighted by Gasteiger charge is -2.43. The van der Waals surface area contributed by atoms with Crippen LogP contribution in [0.3, 0.4) is 0 Å². The Balaban J connectivity index is 1.83. The molecule has 0 bridgehead atoms. The molecule has 1 saturated carbocycles. The maximum absolute atomic E-state index is 14.5. The predicted octanol–water partition coefficient (Wildman–Crippen LogP) is 3.77. The van der Waals surface area contributed by atoms with E-state index in [1.807, 2.05) is 0 Å². The Bertz CT molecular complexity index is 1300. The summed E-state index contributed by atoms with van der Waals surface area (Å²) in [7, 11) is 1.14. The van der Waals surface area contributed by atoms with Crippen LogP contribution < -0.4 is 10.2 Å². The molecule has 9 nitrogen and oxygen atoms in total. The number of anilines is 1. The van der Waals surface area contributed by atoms with Crippen molar-refractivity contribution in [1.82, 2.24) is 15.1 Å². The molecule has 2 aliphatic rings. The minimum atomic E-state index is -2.92. The highest BCUT2D eigenvalue weighted by Gasteiger charge is 2.48. The lowest BCUT2D eigenvalue weighted by atomic mass is 9.87. The van der Waals surface area contributed by atoms with Gasteiger partial charge in [0.1, 0.15) is 17.9 Å². The van der Waals surface area contributed by atoms with E-state index in [4.69, 9.17) is 16.3 Å². The van der Waals surface area contributed by atoms with Crippen LogP contribution in [0.15, 0.2) is 48.5 Å². The number of rotatable bonds is 6. The summed E-state index contributed by atoms with van der Waals surface area (Å²) in [6, 6.07) is 7.34. The number of halogens is 4. The van der Waals surface area contributed by atoms with E-state index in [0.717, 1.165) is 29.0 Å². The highest BCUT2D eigenvalue weighted by Crippen LogP contribution is 2.39. The van der Waals surface area contributed by atoms with Crippen molar-refractivity contribution in [2.75, 3.05) is 31.6 Å². The molecule has 2 aromatic rings. The number of nitrogens with one attached hydrogen (secondary N) is 1. The van der Waals surface area contributed by atoms with Gasteiger partial charge in [0, 0.05) is 55.2 Å². The first-order chi connectivity index (χ1) is 18.9. The van der Waals surface area contributed by atoms with Crippen LogP contribution in [-0.2, 0) is 19.1 Å². The highest BCUT2D eigenvalue weighted by atomic mass is 35.5. The second-order valence-electron chi connectivity index (χ2n) is 9.73. The molecule has 40 heavy (non-hydrogen) atoms. The summed E-state index contributed by atoms with van der Waals surface area (Å²) >= 11 is 6.46. The lowest BCUT2D eigenvalue weighted by Crippen LogP contribution is -2.63. The Morgan fingerprint density at radius 2 is 1.80 bits per heavy atom. The van der Waals surface area contributed by atoms with Gasteiger partial charge < -0.3 is 15.0 Å². The minimum Gasteiger partial charge on any atom is -0.453 e. The molecule has 1 N–H and O–H groups in total. The fourth-order valence-electron chi connectivity index (χ4n) is 4.94. The van der Waals surface area contributed by atoms with Crippen molar-refractivity contribution in [3.63, 3.8) is 0 Å². The molecule has 13 heteroatoms. The van der Waals surface area contributed by atoms with Crippen molar-refractivity contribution in [2.45, 2.75) is 43.8 Å². The SMILES string of the molecule is COC(=O)N1CCN(C(C)=O)CC1C(=O)N(c1cccc(F)c1)C(C(=O)NC1CC(F)(F)C1)c1ccccc1Cl. The van der Waals surface area contributed by atoms with Gasteiger partial charge in [-0.2, -0.15) is 0 Å². The van der Waals surface area contributed by atoms with E-state index in [2.05, 4.69) is 5.32 Å². The van der Waals surface area contributed by atoms with Crippen molar-refractivity contribution < 1.29 is 37.1 Å². The molecule has 0 spiro atoms. The zero-order chi connectivity index (χ0) is 29.2. The van der Waals surface area contributed by atoms with E-state index in [1.54, 1.807) is 12.1 Å². The Kier molecular flexibility index (Phi) is 8.57. The fourth-order valence-corrected chi connectivity index (χ4v) is 5.18. The molecule has 1 aliphatic carbocycles. The second-order valence-corrected chi connectivity index (χ2v) is 10.1. The summed E-state index contributed by atoms with van der Waals surface area (Å²) in [6.45, 7) is 1.19. The average molecular weight is 581 g/mol. The van der Waals surface area contributed by atoms with E-state index < -0.39 is 60.6 Å². The van der Waals surface area contributed by atoms with Crippen LogP contribution in [-0.4, -0.2) is 78.4 Å². The topological polar surface area (TPSA) is 99.3 Å². The maximum atomic E-state index is 14.5. The molecule has 0 aromatic heterocycles. The van der Waals surface area contributed by atoms with Gasteiger partial charge in [-0.25, -0.2) is 18.0 Å². The summed E-state index contributed by atoms with van der Waals surface area (Å²) in [5, 5.41) is 2.65. The zero-order valence-corrected chi connectivity index (χ0v) is 22.5. The maximum Gasteiger partial charge on any atom is 0.410 e. The van der Waals surface area contributed by atoms with Crippen LogP contribution in [0.25, 0.3) is 0 Å². The largest absolute Gasteiger partial charge is 0.453 e. The Hall–Kier alpha value is -3.80. The molecule has 2 fully saturated rings. The van der Waals surface area contributed by atoms with E-state index in [0.29, 0.717) is 0 Å². The summed E-state index contributed by atoms with van der Waals surface area (Å²) in [5.41, 5.74) is 0.1000. The van der Waals surface area contributed by atoms with Gasteiger partial charge in [0.25, 0.3) is 11.8 Å². The van der Waals surface area contributed by atoms with Crippen molar-refractivity contribution in [1.29, 1.82) is 0 Å². The first kappa shape index (κ1) is 29.2. The molecular formula is C27H28ClF3N4O5. The van der Waals surface area contributed by atoms with Crippen LogP contribution in [0.4, 0.5) is 23.7 Å². The zero-order valence-electron chi connectivity index (χ0n) is 21.8. The van der Waals surface area contributed by atoms with Crippen molar-refractivity contribution >= 4 is 41.1 Å². The first-order valence-corrected chi connectivity index (χ1v) is 12.9. The number of nitrogens with zero attached hydrogens (tertiary/aromatic N) is 3. The number of carbonyl (C=O) groups is 4. The monoisotopic (exact) mass is 580 g/mol. The number of ether oxygens (including phenoxy) is 1. The average Bonchev–Trinajstić information content (AvgIpc) is 2.90. The molecule has 1 saturated heterocycles. The van der Waals surface area contributed by atoms with Gasteiger partial charge in [0.15, 0.2) is 0 Å². The van der Waals surface area contributed by atoms with E-state index in [1.165, 1.54) is 36.1 Å². The first-order valence-electron chi connectivity index (χ1n) is 12.5. The summed E-state index contributed by atoms with van der Waals surface area (Å²) in [6.07, 6.45) is -1.99. The van der Waals surface area contributed by atoms with E-state index >= 15 is 0 Å². The summed E-state index contributed by atoms with van der Waals surface area (Å²) < 4.78 is 46.5. The third kappa shape index (κ3) is 6.16. The number of piperazine rings is 1. The standard InChI is InChI=1S/C27H28ClF3N4O5/c1-16(36)33-10-11-34(26(39)40-2)22(15-33)25(38)35(19-7-5-6-17(29)12-19)23(20-8-3-4-9-21(20)28)24(37)32-18-13-27(30,31)14-18/h3-9,12,18,22-23H,10-11,13-15H2,1-2H3,(H,32,37). The van der Waals surface area contributed by atoms with Crippen molar-refractivity contribution in [2.24, 2.45) is 0 Å². The third-order valence-electron chi connectivity index (χ3n) is 6.99. The molecule has 2 unspecified atom stereocenters. The highest BCUT2D eigenvalue weighted by molar-refractivity contribution is 6.31. The number of amides is 4. The molecule has 4 rings (SSSR count). The van der Waals surface area contributed by atoms with Crippen LogP contribution in [0.2, 0.25) is 5.02 Å². The molecule has 4 amide bonds. The summed E-state index contributed by atoms with van der Waals surface area (Å²) in [5.74, 6) is -5.64. The fraction of sp³-hybridized carbons (Fsp3) is 0.407. The van der Waals surface area contributed by atoms with Gasteiger partial charge in [0.05, 0.1) is 13.7 Å². The predicted molar refractivity (Wildman–Crippen MR) is 139 cm³/mol. The van der Waals surface area contributed by atoms with E-state index in [9.17, 15) is 32.3 Å². The number of carbonyl (C=O) groups excluding carboxylic acids is 4. The molecular weight excluding hydrogens is 553 g/mol. The van der Waals surface area contributed by atoms with Crippen molar-refractivity contribution in [3.8, 4) is 0 Å². The molecule has 214 valence electrons. The number of alkyl halides is 2. The smallest absolute Gasteiger partial charge is 0.410 e. The second kappa shape index (κ2) is 11.7. The Morgan fingerprint density at radius 1 is 1.10 bits per heavy atom. The van der Waals surface area contributed by atoms with Crippen LogP contribution in [0, 0.1) is 5.82 Å². The van der Waals surface area contributed by atoms with Crippen molar-refractivity contribution in [3.05, 3.63) is 64.9 Å². The number of benzene rings is 2. The Labute approximate surface area is 233 Å². The minimum absolute atomic E-state index is 0.0419. The van der Waals surface area contributed by atoms with Gasteiger partial charge >= 0.3 is 6.09 Å². The molecule has 0 radical (unpaired) electrons. The number of hydrogen-bond acceptors (Lipinski definition) is 5. The van der Waals surface area contributed by atoms with E-state index in [-0.39, 0.29) is 41.8 Å². The van der Waals surface area contributed by atoms with Crippen LogP contribution >= 0.6 is 11.6 Å². The van der Waals surface area contributed by atoms with Gasteiger partial charge in [-0.15, -0.1) is 0 Å². The molecule has 2 atom stereocenters. The van der Waals surface area contributed by atoms with Gasteiger partial charge in [-0.1, -0.05) is 35.9 Å². The lowest BCUT2D eigenvalue weighted by molar-refractivity contribution is -0.137. The summed E-state index contributed by atoms with van der Waals surface area (Å²) in [4.78, 5) is 56.5. The van der Waals surface area contributed by atoms with Gasteiger partial charge in [0.2, 0.25) is 11.8 Å². The number of hydrogen-bond donors (Lipinski definition) is 1. The third-order valence-corrected chi connectivity index (χ3v) is 7.33. The quantitative estimate of drug-likeness (QED) is 0.561. The molecule has 2 aromatic carbocycles. The Morgan fingerprint density at radius 3 is 2.40 bits per heavy atom. The number of methoxy groups -OCH3 is 1. The normalized spacial score (nSPS) is 19.3. The van der Waals surface area contributed by atoms with Crippen LogP contribution in [0.5, 0.6) is 0 Å².